The fraction of sp³-hybridized carbons (Fsp3) is 0.560. The number of nitrogens with zero attached hydrogens (tertiary/aromatic N) is 3. The number of nitrogens with one attached hydrogen (secondary N) is 1. The molecular weight excluding hydrogens is 461 g/mol. The Morgan fingerprint density at radius 2 is 1.79 bits per heavy atom. The summed E-state index contributed by atoms with van der Waals surface area (Å²) in [5, 5.41) is 2.48. The highest BCUT2D eigenvalue weighted by Gasteiger charge is 2.50. The number of thiazole rings is 1. The average Bonchev–Trinajstić information content (AvgIpc) is 3.33. The predicted molar refractivity (Wildman–Crippen MR) is 127 cm³/mol. The van der Waals surface area contributed by atoms with Crippen LogP contribution in [-0.2, 0) is 6.18 Å². The van der Waals surface area contributed by atoms with E-state index in [1.807, 2.05) is 19.1 Å². The molecule has 4 aliphatic rings. The smallest absolute Gasteiger partial charge is 0.286 e. The van der Waals surface area contributed by atoms with Crippen LogP contribution in [0.4, 0.5) is 13.2 Å². The SMILES string of the molecule is CC(=NC(C)C1C2CC3CC(C2)CC1C3)c1c(C(F)(F)F)[nH]n(-c2nc3ccccc3s2)c1=O. The summed E-state index contributed by atoms with van der Waals surface area (Å²) in [5.74, 6) is 3.24. The zero-order chi connectivity index (χ0) is 23.8. The van der Waals surface area contributed by atoms with Gasteiger partial charge in [0.1, 0.15) is 0 Å². The number of fused-ring (bicyclic) bond motifs is 1. The number of H-pyrrole nitrogens is 1. The molecule has 34 heavy (non-hydrogen) atoms. The van der Waals surface area contributed by atoms with Crippen molar-refractivity contribution in [2.45, 2.75) is 58.2 Å². The molecule has 7 rings (SSSR count). The molecule has 4 aliphatic carbocycles. The maximum atomic E-state index is 14.0. The van der Waals surface area contributed by atoms with E-state index < -0.39 is 23.0 Å². The van der Waals surface area contributed by atoms with Crippen LogP contribution >= 0.6 is 11.3 Å². The highest BCUT2D eigenvalue weighted by atomic mass is 32.1. The molecule has 2 aromatic heterocycles. The molecule has 9 heteroatoms. The van der Waals surface area contributed by atoms with Gasteiger partial charge >= 0.3 is 6.18 Å². The zero-order valence-corrected chi connectivity index (χ0v) is 19.9. The van der Waals surface area contributed by atoms with Crippen molar-refractivity contribution < 1.29 is 13.2 Å². The number of benzene rings is 1. The van der Waals surface area contributed by atoms with Gasteiger partial charge in [-0.25, -0.2) is 4.98 Å². The van der Waals surface area contributed by atoms with Crippen LogP contribution in [0.3, 0.4) is 0 Å². The molecular formula is C25H27F3N4OS. The third-order valence-corrected chi connectivity index (χ3v) is 9.29. The van der Waals surface area contributed by atoms with E-state index in [-0.39, 0.29) is 16.9 Å². The van der Waals surface area contributed by atoms with Crippen LogP contribution in [0.2, 0.25) is 0 Å². The summed E-state index contributed by atoms with van der Waals surface area (Å²) >= 11 is 1.17. The van der Waals surface area contributed by atoms with E-state index in [9.17, 15) is 18.0 Å². The molecule has 4 fully saturated rings. The second-order valence-electron chi connectivity index (χ2n) is 10.4. The Labute approximate surface area is 199 Å². The molecule has 0 amide bonds. The molecule has 1 aromatic carbocycles. The van der Waals surface area contributed by atoms with E-state index in [1.54, 1.807) is 12.1 Å². The van der Waals surface area contributed by atoms with Gasteiger partial charge in [0.25, 0.3) is 5.56 Å². The Balaban J connectivity index is 1.38. The van der Waals surface area contributed by atoms with E-state index >= 15 is 0 Å². The van der Waals surface area contributed by atoms with Gasteiger partial charge in [0.05, 0.1) is 21.8 Å². The maximum absolute atomic E-state index is 14.0. The van der Waals surface area contributed by atoms with Crippen LogP contribution in [0.1, 0.15) is 57.2 Å². The first-order valence-electron chi connectivity index (χ1n) is 12.0. The van der Waals surface area contributed by atoms with Crippen LogP contribution in [0, 0.1) is 29.6 Å². The summed E-state index contributed by atoms with van der Waals surface area (Å²) in [7, 11) is 0. The molecule has 1 atom stereocenters. The lowest BCUT2D eigenvalue weighted by atomic mass is 9.50. The van der Waals surface area contributed by atoms with Gasteiger partial charge in [0.15, 0.2) is 5.69 Å². The number of rotatable bonds is 4. The number of hydrogen-bond acceptors (Lipinski definition) is 4. The monoisotopic (exact) mass is 488 g/mol. The first-order chi connectivity index (χ1) is 16.2. The second-order valence-corrected chi connectivity index (χ2v) is 11.4. The molecule has 5 nitrogen and oxygen atoms in total. The third-order valence-electron chi connectivity index (χ3n) is 8.26. The average molecular weight is 489 g/mol. The normalized spacial score (nSPS) is 29.8. The fourth-order valence-corrected chi connectivity index (χ4v) is 8.20. The largest absolute Gasteiger partial charge is 0.433 e. The van der Waals surface area contributed by atoms with Gasteiger partial charge in [-0.05, 0) is 87.7 Å². The van der Waals surface area contributed by atoms with Gasteiger partial charge in [-0.1, -0.05) is 23.5 Å². The Kier molecular flexibility index (Phi) is 5.06. The van der Waals surface area contributed by atoms with Crippen molar-refractivity contribution in [3.8, 4) is 5.13 Å². The molecule has 1 N–H and O–H groups in total. The minimum Gasteiger partial charge on any atom is -0.286 e. The third kappa shape index (κ3) is 3.54. The van der Waals surface area contributed by atoms with E-state index in [4.69, 9.17) is 4.99 Å². The lowest BCUT2D eigenvalue weighted by Gasteiger charge is -2.55. The van der Waals surface area contributed by atoms with Crippen molar-refractivity contribution in [2.24, 2.45) is 34.6 Å². The summed E-state index contributed by atoms with van der Waals surface area (Å²) in [6.45, 7) is 3.55. The Bertz CT molecular complexity index is 1270. The molecule has 1 unspecified atom stereocenters. The van der Waals surface area contributed by atoms with E-state index in [2.05, 4.69) is 10.1 Å². The Hall–Kier alpha value is -2.42. The first-order valence-corrected chi connectivity index (χ1v) is 12.8. The maximum Gasteiger partial charge on any atom is 0.433 e. The van der Waals surface area contributed by atoms with Gasteiger partial charge in [-0.2, -0.15) is 17.9 Å². The van der Waals surface area contributed by atoms with Crippen LogP contribution in [0.5, 0.6) is 0 Å². The molecule has 0 radical (unpaired) electrons. The standard InChI is InChI=1S/C25H27F3N4OS/c1-12(20-16-8-14-7-15(10-16)11-17(20)9-14)29-13(2)21-22(25(26,27)28)31-32(23(21)33)24-30-18-5-3-4-6-19(18)34-24/h3-6,12,14-17,20,31H,7-11H2,1-2H3. The second kappa shape index (κ2) is 7.80. The molecule has 180 valence electrons. The lowest BCUT2D eigenvalue weighted by Crippen LogP contribution is -2.48. The number of aromatic nitrogens is 3. The molecule has 0 aliphatic heterocycles. The number of aromatic amines is 1. The molecule has 0 spiro atoms. The van der Waals surface area contributed by atoms with Gasteiger partial charge in [0.2, 0.25) is 5.13 Å². The van der Waals surface area contributed by atoms with Crippen LogP contribution in [-0.4, -0.2) is 26.5 Å². The highest BCUT2D eigenvalue weighted by molar-refractivity contribution is 7.20. The molecule has 2 heterocycles. The number of halogens is 3. The Morgan fingerprint density at radius 1 is 1.15 bits per heavy atom. The summed E-state index contributed by atoms with van der Waals surface area (Å²) in [6.07, 6.45) is 1.52. The van der Waals surface area contributed by atoms with E-state index in [1.165, 1.54) is 50.4 Å². The van der Waals surface area contributed by atoms with Crippen LogP contribution in [0.25, 0.3) is 15.3 Å². The minimum absolute atomic E-state index is 0.110. The number of aliphatic imine (C=N–C) groups is 1. The van der Waals surface area contributed by atoms with Crippen molar-refractivity contribution >= 4 is 27.3 Å². The van der Waals surface area contributed by atoms with Crippen molar-refractivity contribution in [1.29, 1.82) is 0 Å². The topological polar surface area (TPSA) is 63.0 Å². The number of para-hydroxylation sites is 1. The van der Waals surface area contributed by atoms with Gasteiger partial charge in [-0.15, -0.1) is 0 Å². The first kappa shape index (κ1) is 22.1. The summed E-state index contributed by atoms with van der Waals surface area (Å²) in [6, 6.07) is 7.12. The quantitative estimate of drug-likeness (QED) is 0.454. The van der Waals surface area contributed by atoms with E-state index in [0.717, 1.165) is 21.2 Å². The van der Waals surface area contributed by atoms with Gasteiger partial charge in [-0.3, -0.25) is 14.9 Å². The van der Waals surface area contributed by atoms with Crippen molar-refractivity contribution in [3.63, 3.8) is 0 Å². The zero-order valence-electron chi connectivity index (χ0n) is 19.1. The highest BCUT2D eigenvalue weighted by Crippen LogP contribution is 2.57. The minimum atomic E-state index is -4.71. The molecule has 0 saturated heterocycles. The number of alkyl halides is 3. The molecule has 3 aromatic rings. The predicted octanol–water partition coefficient (Wildman–Crippen LogP) is 6.06. The molecule has 4 bridgehead atoms. The van der Waals surface area contributed by atoms with Crippen LogP contribution in [0.15, 0.2) is 34.1 Å². The van der Waals surface area contributed by atoms with Gasteiger partial charge < -0.3 is 0 Å². The van der Waals surface area contributed by atoms with Crippen molar-refractivity contribution in [2.75, 3.05) is 0 Å². The van der Waals surface area contributed by atoms with E-state index in [0.29, 0.717) is 23.3 Å². The molecule has 4 saturated carbocycles. The Morgan fingerprint density at radius 3 is 2.41 bits per heavy atom. The summed E-state index contributed by atoms with van der Waals surface area (Å²) < 4.78 is 43.7. The summed E-state index contributed by atoms with van der Waals surface area (Å²) in [4.78, 5) is 22.4. The summed E-state index contributed by atoms with van der Waals surface area (Å²) in [5.41, 5.74) is -1.43. The van der Waals surface area contributed by atoms with Crippen molar-refractivity contribution in [1.82, 2.24) is 14.8 Å². The fourth-order valence-electron chi connectivity index (χ4n) is 7.28. The van der Waals surface area contributed by atoms with Crippen molar-refractivity contribution in [3.05, 3.63) is 45.9 Å². The lowest BCUT2D eigenvalue weighted by molar-refractivity contribution is -0.141. The van der Waals surface area contributed by atoms with Gasteiger partial charge in [0, 0.05) is 5.71 Å². The van der Waals surface area contributed by atoms with Crippen LogP contribution < -0.4 is 5.56 Å². The number of hydrogen-bond donors (Lipinski definition) is 1.